The summed E-state index contributed by atoms with van der Waals surface area (Å²) >= 11 is 0. The molecule has 29 heavy (non-hydrogen) atoms. The van der Waals surface area contributed by atoms with Crippen LogP contribution in [0.25, 0.3) is 0 Å². The summed E-state index contributed by atoms with van der Waals surface area (Å²) in [5.74, 6) is 7.42. The van der Waals surface area contributed by atoms with Crippen molar-refractivity contribution in [2.45, 2.75) is 26.4 Å². The van der Waals surface area contributed by atoms with Crippen LogP contribution in [0.4, 0.5) is 0 Å². The lowest BCUT2D eigenvalue weighted by atomic mass is 10.0. The van der Waals surface area contributed by atoms with E-state index in [4.69, 9.17) is 0 Å². The molecule has 0 saturated heterocycles. The summed E-state index contributed by atoms with van der Waals surface area (Å²) < 4.78 is 0. The minimum atomic E-state index is -1.89. The van der Waals surface area contributed by atoms with Crippen LogP contribution in [0.1, 0.15) is 52.6 Å². The second kappa shape index (κ2) is 7.97. The number of phenols is 4. The van der Waals surface area contributed by atoms with Crippen molar-refractivity contribution < 1.29 is 35.1 Å². The van der Waals surface area contributed by atoms with E-state index in [1.54, 1.807) is 0 Å². The summed E-state index contributed by atoms with van der Waals surface area (Å²) in [6.07, 6.45) is 0. The highest BCUT2D eigenvalue weighted by Gasteiger charge is 2.16. The molecule has 7 nitrogen and oxygen atoms in total. The molecular weight excluding hydrogens is 376 g/mol. The van der Waals surface area contributed by atoms with Crippen LogP contribution in [0.2, 0.25) is 0 Å². The second-order valence-electron chi connectivity index (χ2n) is 6.46. The molecule has 0 atom stereocenters. The highest BCUT2D eigenvalue weighted by Crippen LogP contribution is 2.28. The lowest BCUT2D eigenvalue weighted by Crippen LogP contribution is -2.18. The monoisotopic (exact) mass is 394 g/mol. The van der Waals surface area contributed by atoms with Gasteiger partial charge in [-0.25, -0.2) is 0 Å². The molecule has 0 aliphatic heterocycles. The highest BCUT2D eigenvalue weighted by atomic mass is 16.3. The first-order chi connectivity index (χ1) is 13.4. The maximum atomic E-state index is 11.5. The number of ketones is 2. The minimum absolute atomic E-state index is 0.00132. The molecule has 2 aromatic carbocycles. The first-order valence-corrected chi connectivity index (χ1v) is 8.34. The van der Waals surface area contributed by atoms with E-state index in [0.29, 0.717) is 0 Å². The molecule has 0 heterocycles. The number of hydrogen-bond donors (Lipinski definition) is 5. The Balaban J connectivity index is 2.42. The SMILES string of the molecule is CC(=O)c1cc(C#CC(C)(O)C#Cc2cc(C(C)=O)c(O)cc2O)c(O)cc1O. The number of aliphatic hydroxyl groups is 1. The van der Waals surface area contributed by atoms with Gasteiger partial charge in [0.15, 0.2) is 17.2 Å². The van der Waals surface area contributed by atoms with E-state index in [1.807, 2.05) is 0 Å². The molecule has 7 heteroatoms. The maximum absolute atomic E-state index is 11.5. The number of hydrogen-bond acceptors (Lipinski definition) is 7. The van der Waals surface area contributed by atoms with Crippen LogP contribution < -0.4 is 0 Å². The number of Topliss-reactive ketones (excluding diaryl/α,β-unsaturated/α-hetero) is 2. The Kier molecular flexibility index (Phi) is 5.87. The Morgan fingerprint density at radius 2 is 1.07 bits per heavy atom. The standard InChI is InChI=1S/C22H18O7/c1-12(23)16-8-14(18(25)10-20(16)27)4-6-22(3,29)7-5-15-9-17(13(2)24)21(28)11-19(15)26/h8-11,25-29H,1-3H3. The fourth-order valence-electron chi connectivity index (χ4n) is 2.33. The van der Waals surface area contributed by atoms with Crippen LogP contribution in [0.5, 0.6) is 23.0 Å². The van der Waals surface area contributed by atoms with Crippen LogP contribution in [0.15, 0.2) is 24.3 Å². The molecule has 148 valence electrons. The van der Waals surface area contributed by atoms with Gasteiger partial charge in [-0.05, 0) is 44.7 Å². The molecule has 0 saturated carbocycles. The maximum Gasteiger partial charge on any atom is 0.185 e. The molecule has 0 aliphatic rings. The van der Waals surface area contributed by atoms with Crippen molar-refractivity contribution in [2.75, 3.05) is 0 Å². The van der Waals surface area contributed by atoms with Crippen LogP contribution in [0, 0.1) is 23.7 Å². The van der Waals surface area contributed by atoms with Gasteiger partial charge >= 0.3 is 0 Å². The number of aromatic hydroxyl groups is 4. The van der Waals surface area contributed by atoms with E-state index in [1.165, 1.54) is 32.9 Å². The van der Waals surface area contributed by atoms with Crippen molar-refractivity contribution in [3.8, 4) is 46.7 Å². The number of benzene rings is 2. The Morgan fingerprint density at radius 1 is 0.724 bits per heavy atom. The van der Waals surface area contributed by atoms with E-state index in [0.717, 1.165) is 12.1 Å². The zero-order valence-electron chi connectivity index (χ0n) is 15.9. The van der Waals surface area contributed by atoms with Gasteiger partial charge in [0.05, 0.1) is 22.3 Å². The number of rotatable bonds is 2. The van der Waals surface area contributed by atoms with E-state index in [9.17, 15) is 35.1 Å². The normalized spacial score (nSPS) is 10.3. The molecular formula is C22H18O7. The summed E-state index contributed by atoms with van der Waals surface area (Å²) in [6, 6.07) is 4.32. The van der Waals surface area contributed by atoms with Gasteiger partial charge in [0.1, 0.15) is 23.0 Å². The van der Waals surface area contributed by atoms with Gasteiger partial charge in [0.25, 0.3) is 0 Å². The largest absolute Gasteiger partial charge is 0.507 e. The predicted molar refractivity (Wildman–Crippen MR) is 104 cm³/mol. The Morgan fingerprint density at radius 3 is 1.38 bits per heavy atom. The first kappa shape index (κ1) is 21.4. The first-order valence-electron chi connectivity index (χ1n) is 8.34. The van der Waals surface area contributed by atoms with Gasteiger partial charge in [-0.3, -0.25) is 9.59 Å². The van der Waals surface area contributed by atoms with Gasteiger partial charge in [-0.2, -0.15) is 0 Å². The van der Waals surface area contributed by atoms with Crippen LogP contribution in [-0.4, -0.2) is 42.7 Å². The van der Waals surface area contributed by atoms with E-state index >= 15 is 0 Å². The highest BCUT2D eigenvalue weighted by molar-refractivity contribution is 5.98. The summed E-state index contributed by atoms with van der Waals surface area (Å²) in [6.45, 7) is 3.74. The fraction of sp³-hybridized carbons (Fsp3) is 0.182. The van der Waals surface area contributed by atoms with Crippen LogP contribution in [-0.2, 0) is 0 Å². The molecule has 2 aromatic rings. The fourth-order valence-corrected chi connectivity index (χ4v) is 2.33. The zero-order valence-corrected chi connectivity index (χ0v) is 15.9. The lowest BCUT2D eigenvalue weighted by Gasteiger charge is -2.08. The van der Waals surface area contributed by atoms with Gasteiger partial charge in [0, 0.05) is 12.1 Å². The third-order valence-corrected chi connectivity index (χ3v) is 3.87. The van der Waals surface area contributed by atoms with Gasteiger partial charge in [0.2, 0.25) is 0 Å². The summed E-state index contributed by atoms with van der Waals surface area (Å²) in [4.78, 5) is 23.0. The predicted octanol–water partition coefficient (Wildman–Crippen LogP) is 2.07. The van der Waals surface area contributed by atoms with Crippen molar-refractivity contribution in [1.82, 2.24) is 0 Å². The van der Waals surface area contributed by atoms with Crippen molar-refractivity contribution >= 4 is 11.6 Å². The molecule has 0 bridgehead atoms. The third kappa shape index (κ3) is 5.07. The van der Waals surface area contributed by atoms with Crippen LogP contribution in [0.3, 0.4) is 0 Å². The number of phenolic OH excluding ortho intramolecular Hbond substituents is 4. The molecule has 0 spiro atoms. The summed E-state index contributed by atoms with van der Waals surface area (Å²) in [5, 5.41) is 49.4. The molecule has 0 unspecified atom stereocenters. The average Bonchev–Trinajstić information content (AvgIpc) is 2.59. The minimum Gasteiger partial charge on any atom is -0.507 e. The third-order valence-electron chi connectivity index (χ3n) is 3.87. The molecule has 2 rings (SSSR count). The van der Waals surface area contributed by atoms with Crippen molar-refractivity contribution in [1.29, 1.82) is 0 Å². The van der Waals surface area contributed by atoms with Crippen molar-refractivity contribution in [3.05, 3.63) is 46.5 Å². The van der Waals surface area contributed by atoms with Gasteiger partial charge in [-0.1, -0.05) is 11.8 Å². The molecule has 0 radical (unpaired) electrons. The Bertz CT molecular complexity index is 1050. The van der Waals surface area contributed by atoms with E-state index < -0.39 is 28.7 Å². The lowest BCUT2D eigenvalue weighted by molar-refractivity contribution is 0.100. The molecule has 0 aliphatic carbocycles. The van der Waals surface area contributed by atoms with Crippen LogP contribution >= 0.6 is 0 Å². The Hall–Kier alpha value is -3.94. The quantitative estimate of drug-likeness (QED) is 0.389. The average molecular weight is 394 g/mol. The number of carbonyl (C=O) groups is 2. The van der Waals surface area contributed by atoms with E-state index in [-0.39, 0.29) is 33.8 Å². The second-order valence-corrected chi connectivity index (χ2v) is 6.46. The molecule has 5 N–H and O–H groups in total. The van der Waals surface area contributed by atoms with Crippen molar-refractivity contribution in [2.24, 2.45) is 0 Å². The van der Waals surface area contributed by atoms with E-state index in [2.05, 4.69) is 23.7 Å². The topological polar surface area (TPSA) is 135 Å². The summed E-state index contributed by atoms with van der Waals surface area (Å²) in [7, 11) is 0. The Labute approximate surface area is 166 Å². The molecule has 0 amide bonds. The molecule has 0 aromatic heterocycles. The van der Waals surface area contributed by atoms with Gasteiger partial charge < -0.3 is 25.5 Å². The smallest absolute Gasteiger partial charge is 0.185 e. The van der Waals surface area contributed by atoms with Gasteiger partial charge in [-0.15, -0.1) is 0 Å². The summed E-state index contributed by atoms with van der Waals surface area (Å²) in [5.41, 5.74) is -1.96. The molecule has 0 fully saturated rings. The zero-order chi connectivity index (χ0) is 21.9. The van der Waals surface area contributed by atoms with Crippen molar-refractivity contribution in [3.63, 3.8) is 0 Å². The number of carbonyl (C=O) groups excluding carboxylic acids is 2.